The van der Waals surface area contributed by atoms with Gasteiger partial charge in [0.15, 0.2) is 0 Å². The summed E-state index contributed by atoms with van der Waals surface area (Å²) in [4.78, 5) is 25.5. The largest absolute Gasteiger partial charge is 0.481 e. The molecule has 1 saturated heterocycles. The molecule has 1 heterocycles. The van der Waals surface area contributed by atoms with Crippen LogP contribution in [0, 0.1) is 0 Å². The summed E-state index contributed by atoms with van der Waals surface area (Å²) in [5.74, 6) is -0.958. The van der Waals surface area contributed by atoms with Gasteiger partial charge < -0.3 is 14.7 Å². The van der Waals surface area contributed by atoms with Crippen molar-refractivity contribution in [1.82, 2.24) is 4.90 Å². The quantitative estimate of drug-likeness (QED) is 0.906. The molecule has 0 spiro atoms. The first-order valence-electron chi connectivity index (χ1n) is 7.11. The highest BCUT2D eigenvalue weighted by Crippen LogP contribution is 2.36. The maximum absolute atomic E-state index is 12.2. The van der Waals surface area contributed by atoms with E-state index >= 15 is 0 Å². The second-order valence-corrected chi connectivity index (χ2v) is 6.99. The summed E-state index contributed by atoms with van der Waals surface area (Å²) in [6.07, 6.45) is -0.153. The smallest absolute Gasteiger partial charge is 0.410 e. The number of hydrogen-bond donors (Lipinski definition) is 1. The lowest BCUT2D eigenvalue weighted by Crippen LogP contribution is -2.42. The fourth-order valence-electron chi connectivity index (χ4n) is 2.61. The third kappa shape index (κ3) is 3.35. The number of hydrogen-bond acceptors (Lipinski definition) is 3. The van der Waals surface area contributed by atoms with Gasteiger partial charge in [-0.05, 0) is 44.9 Å². The van der Waals surface area contributed by atoms with Gasteiger partial charge in [0.2, 0.25) is 0 Å². The molecular weight excluding hydrogens is 306 g/mol. The normalized spacial score (nSPS) is 21.7. The van der Waals surface area contributed by atoms with Crippen molar-refractivity contribution in [3.63, 3.8) is 0 Å². The minimum atomic E-state index is -1.14. The molecule has 1 N–H and O–H groups in total. The molecule has 1 aromatic rings. The van der Waals surface area contributed by atoms with E-state index in [0.29, 0.717) is 23.6 Å². The van der Waals surface area contributed by atoms with Crippen molar-refractivity contribution in [2.45, 2.75) is 38.2 Å². The van der Waals surface area contributed by atoms with E-state index in [1.54, 1.807) is 45.0 Å². The van der Waals surface area contributed by atoms with Gasteiger partial charge in [0.1, 0.15) is 11.0 Å². The molecule has 1 atom stereocenters. The van der Waals surface area contributed by atoms with Crippen LogP contribution < -0.4 is 0 Å². The lowest BCUT2D eigenvalue weighted by Gasteiger charge is -2.27. The highest BCUT2D eigenvalue weighted by molar-refractivity contribution is 6.30. The average Bonchev–Trinajstić information content (AvgIpc) is 2.83. The molecule has 1 fully saturated rings. The third-order valence-corrected chi connectivity index (χ3v) is 3.94. The van der Waals surface area contributed by atoms with Crippen molar-refractivity contribution in [3.05, 3.63) is 34.9 Å². The van der Waals surface area contributed by atoms with E-state index in [9.17, 15) is 14.7 Å². The summed E-state index contributed by atoms with van der Waals surface area (Å²) in [7, 11) is 0. The molecule has 6 heteroatoms. The van der Waals surface area contributed by atoms with Gasteiger partial charge in [-0.1, -0.05) is 23.7 Å². The van der Waals surface area contributed by atoms with Crippen molar-refractivity contribution >= 4 is 23.7 Å². The molecule has 0 bridgehead atoms. The molecule has 0 aliphatic carbocycles. The van der Waals surface area contributed by atoms with Crippen LogP contribution in [-0.2, 0) is 14.9 Å². The van der Waals surface area contributed by atoms with E-state index in [-0.39, 0.29) is 6.54 Å². The first-order chi connectivity index (χ1) is 10.1. The summed E-state index contributed by atoms with van der Waals surface area (Å²) in [5, 5.41) is 10.2. The lowest BCUT2D eigenvalue weighted by molar-refractivity contribution is -0.143. The second kappa shape index (κ2) is 5.80. The zero-order chi connectivity index (χ0) is 16.5. The van der Waals surface area contributed by atoms with E-state index in [4.69, 9.17) is 16.3 Å². The Bertz CT molecular complexity index is 596. The number of likely N-dealkylation sites (tertiary alicyclic amines) is 1. The number of carbonyl (C=O) groups is 2. The molecule has 1 aliphatic heterocycles. The molecule has 5 nitrogen and oxygen atoms in total. The van der Waals surface area contributed by atoms with Crippen LogP contribution in [0.3, 0.4) is 0 Å². The van der Waals surface area contributed by atoms with Crippen molar-refractivity contribution in [1.29, 1.82) is 0 Å². The Balaban J connectivity index is 2.26. The standard InChI is InChI=1S/C16H20ClNO4/c1-15(2,3)22-14(21)18-8-7-16(10-18,13(19)20)11-5-4-6-12(17)9-11/h4-6,9H,7-8,10H2,1-3H3,(H,19,20). The Morgan fingerprint density at radius 3 is 2.59 bits per heavy atom. The summed E-state index contributed by atoms with van der Waals surface area (Å²) in [6.45, 7) is 5.76. The topological polar surface area (TPSA) is 66.8 Å². The van der Waals surface area contributed by atoms with Crippen molar-refractivity contribution in [2.24, 2.45) is 0 Å². The van der Waals surface area contributed by atoms with E-state index in [0.717, 1.165) is 0 Å². The van der Waals surface area contributed by atoms with E-state index in [1.165, 1.54) is 4.90 Å². The van der Waals surface area contributed by atoms with E-state index < -0.39 is 23.1 Å². The second-order valence-electron chi connectivity index (χ2n) is 6.55. The minimum absolute atomic E-state index is 0.0809. The summed E-state index contributed by atoms with van der Waals surface area (Å²) in [5.41, 5.74) is -1.14. The Labute approximate surface area is 134 Å². The van der Waals surface area contributed by atoms with Gasteiger partial charge in [-0.2, -0.15) is 0 Å². The van der Waals surface area contributed by atoms with Crippen molar-refractivity contribution in [3.8, 4) is 0 Å². The first kappa shape index (κ1) is 16.6. The molecule has 22 heavy (non-hydrogen) atoms. The van der Waals surface area contributed by atoms with Crippen molar-refractivity contribution < 1.29 is 19.4 Å². The number of carbonyl (C=O) groups excluding carboxylic acids is 1. The van der Waals surface area contributed by atoms with Crippen LogP contribution in [0.1, 0.15) is 32.8 Å². The highest BCUT2D eigenvalue weighted by Gasteiger charge is 2.48. The van der Waals surface area contributed by atoms with Gasteiger partial charge in [0.05, 0.1) is 0 Å². The predicted molar refractivity (Wildman–Crippen MR) is 83.2 cm³/mol. The minimum Gasteiger partial charge on any atom is -0.481 e. The fourth-order valence-corrected chi connectivity index (χ4v) is 2.80. The molecule has 1 aliphatic rings. The van der Waals surface area contributed by atoms with Crippen LogP contribution in [0.25, 0.3) is 0 Å². The number of nitrogens with zero attached hydrogens (tertiary/aromatic N) is 1. The lowest BCUT2D eigenvalue weighted by atomic mass is 9.80. The summed E-state index contributed by atoms with van der Waals surface area (Å²) < 4.78 is 5.32. The van der Waals surface area contributed by atoms with Gasteiger partial charge in [-0.3, -0.25) is 4.79 Å². The predicted octanol–water partition coefficient (Wildman–Crippen LogP) is 3.30. The zero-order valence-electron chi connectivity index (χ0n) is 12.9. The fraction of sp³-hybridized carbons (Fsp3) is 0.500. The summed E-state index contributed by atoms with van der Waals surface area (Å²) in [6, 6.07) is 6.80. The number of rotatable bonds is 2. The van der Waals surface area contributed by atoms with Gasteiger partial charge >= 0.3 is 12.1 Å². The van der Waals surface area contributed by atoms with Crippen LogP contribution in [-0.4, -0.2) is 40.8 Å². The maximum Gasteiger partial charge on any atom is 0.410 e. The molecular formula is C16H20ClNO4. The van der Waals surface area contributed by atoms with E-state index in [2.05, 4.69) is 0 Å². The van der Waals surface area contributed by atoms with Crippen LogP contribution in [0.15, 0.2) is 24.3 Å². The Hall–Kier alpha value is -1.75. The van der Waals surface area contributed by atoms with Crippen molar-refractivity contribution in [2.75, 3.05) is 13.1 Å². The highest BCUT2D eigenvalue weighted by atomic mass is 35.5. The average molecular weight is 326 g/mol. The molecule has 0 aromatic heterocycles. The molecule has 1 aromatic carbocycles. The molecule has 1 amide bonds. The number of aliphatic carboxylic acids is 1. The van der Waals surface area contributed by atoms with E-state index in [1.807, 2.05) is 0 Å². The van der Waals surface area contributed by atoms with Crippen LogP contribution in [0.5, 0.6) is 0 Å². The zero-order valence-corrected chi connectivity index (χ0v) is 13.7. The van der Waals surface area contributed by atoms with Gasteiger partial charge in [-0.25, -0.2) is 4.79 Å². The Kier molecular flexibility index (Phi) is 4.38. The monoisotopic (exact) mass is 325 g/mol. The van der Waals surface area contributed by atoms with Gasteiger partial charge in [-0.15, -0.1) is 0 Å². The van der Waals surface area contributed by atoms with Crippen LogP contribution in [0.2, 0.25) is 5.02 Å². The number of carboxylic acid groups (broad SMARTS) is 1. The van der Waals surface area contributed by atoms with Gasteiger partial charge in [0, 0.05) is 18.1 Å². The molecule has 1 unspecified atom stereocenters. The SMILES string of the molecule is CC(C)(C)OC(=O)N1CCC(C(=O)O)(c2cccc(Cl)c2)C1. The number of amides is 1. The molecule has 2 rings (SSSR count). The molecule has 0 radical (unpaired) electrons. The number of benzene rings is 1. The van der Waals surface area contributed by atoms with Crippen LogP contribution >= 0.6 is 11.6 Å². The Morgan fingerprint density at radius 2 is 2.05 bits per heavy atom. The molecule has 0 saturated carbocycles. The molecule has 120 valence electrons. The Morgan fingerprint density at radius 1 is 1.36 bits per heavy atom. The maximum atomic E-state index is 12.2. The third-order valence-electron chi connectivity index (χ3n) is 3.71. The van der Waals surface area contributed by atoms with Gasteiger partial charge in [0.25, 0.3) is 0 Å². The number of carboxylic acids is 1. The summed E-state index contributed by atoms with van der Waals surface area (Å²) >= 11 is 5.98. The number of ether oxygens (including phenoxy) is 1. The van der Waals surface area contributed by atoms with Crippen LogP contribution in [0.4, 0.5) is 4.79 Å². The first-order valence-corrected chi connectivity index (χ1v) is 7.49. The number of halogens is 1.